The minimum Gasteiger partial charge on any atom is -0.481 e. The van der Waals surface area contributed by atoms with Crippen LogP contribution in [-0.2, 0) is 9.59 Å². The van der Waals surface area contributed by atoms with Gasteiger partial charge in [0.2, 0.25) is 5.91 Å². The van der Waals surface area contributed by atoms with Gasteiger partial charge < -0.3 is 15.3 Å². The molecular weight excluding hydrogens is 256 g/mol. The average Bonchev–Trinajstić information content (AvgIpc) is 2.43. The zero-order valence-corrected chi connectivity index (χ0v) is 12.9. The van der Waals surface area contributed by atoms with Crippen LogP contribution in [0.5, 0.6) is 0 Å². The van der Waals surface area contributed by atoms with Crippen LogP contribution in [0.4, 0.5) is 0 Å². The van der Waals surface area contributed by atoms with E-state index in [4.69, 9.17) is 5.11 Å². The highest BCUT2D eigenvalue weighted by molar-refractivity contribution is 5.84. The lowest BCUT2D eigenvalue weighted by Gasteiger charge is -2.30. The zero-order chi connectivity index (χ0) is 15.1. The van der Waals surface area contributed by atoms with Crippen LogP contribution >= 0.6 is 0 Å². The molecule has 0 bridgehead atoms. The van der Waals surface area contributed by atoms with E-state index in [1.54, 1.807) is 13.8 Å². The lowest BCUT2D eigenvalue weighted by Crippen LogP contribution is -2.38. The molecule has 20 heavy (non-hydrogen) atoms. The molecule has 0 saturated carbocycles. The molecule has 0 aromatic rings. The van der Waals surface area contributed by atoms with Crippen molar-refractivity contribution in [2.24, 2.45) is 17.8 Å². The number of carboxylic acid groups (broad SMARTS) is 1. The number of carbonyl (C=O) groups excluding carboxylic acids is 1. The Kier molecular flexibility index (Phi) is 6.99. The molecule has 2 N–H and O–H groups in total. The largest absolute Gasteiger partial charge is 0.481 e. The molecule has 0 spiro atoms. The highest BCUT2D eigenvalue weighted by Gasteiger charge is 2.25. The lowest BCUT2D eigenvalue weighted by atomic mass is 9.95. The molecule has 1 heterocycles. The fourth-order valence-corrected chi connectivity index (χ4v) is 2.40. The maximum atomic E-state index is 11.8. The van der Waals surface area contributed by atoms with Crippen LogP contribution in [0.15, 0.2) is 0 Å². The Labute approximate surface area is 121 Å². The number of aliphatic carboxylic acids is 1. The Morgan fingerprint density at radius 2 is 1.85 bits per heavy atom. The summed E-state index contributed by atoms with van der Waals surface area (Å²) in [5.41, 5.74) is 0. The summed E-state index contributed by atoms with van der Waals surface area (Å²) in [4.78, 5) is 25.1. The van der Waals surface area contributed by atoms with Crippen molar-refractivity contribution in [3.63, 3.8) is 0 Å². The number of likely N-dealkylation sites (tertiary alicyclic amines) is 1. The van der Waals surface area contributed by atoms with Crippen LogP contribution in [0.25, 0.3) is 0 Å². The number of carbonyl (C=O) groups is 2. The molecule has 2 unspecified atom stereocenters. The van der Waals surface area contributed by atoms with Crippen molar-refractivity contribution in [1.29, 1.82) is 0 Å². The van der Waals surface area contributed by atoms with Crippen LogP contribution in [0.2, 0.25) is 0 Å². The summed E-state index contributed by atoms with van der Waals surface area (Å²) >= 11 is 0. The van der Waals surface area contributed by atoms with Crippen molar-refractivity contribution in [3.8, 4) is 0 Å². The predicted octanol–water partition coefficient (Wildman–Crippen LogP) is 1.58. The van der Waals surface area contributed by atoms with Gasteiger partial charge in [0.15, 0.2) is 0 Å². The Balaban J connectivity index is 2.14. The van der Waals surface area contributed by atoms with Crippen molar-refractivity contribution in [2.75, 3.05) is 26.2 Å². The number of carboxylic acids is 1. The summed E-state index contributed by atoms with van der Waals surface area (Å²) in [6.45, 7) is 9.48. The van der Waals surface area contributed by atoms with Crippen molar-refractivity contribution < 1.29 is 14.7 Å². The molecule has 0 aromatic heterocycles. The maximum absolute atomic E-state index is 11.8. The average molecular weight is 284 g/mol. The first-order valence-corrected chi connectivity index (χ1v) is 7.64. The highest BCUT2D eigenvalue weighted by Crippen LogP contribution is 2.15. The molecule has 1 amide bonds. The third kappa shape index (κ3) is 5.49. The number of rotatable bonds is 7. The van der Waals surface area contributed by atoms with Gasteiger partial charge in [-0.25, -0.2) is 0 Å². The van der Waals surface area contributed by atoms with Crippen molar-refractivity contribution >= 4 is 11.9 Å². The molecule has 2 atom stereocenters. The van der Waals surface area contributed by atoms with E-state index >= 15 is 0 Å². The number of amides is 1. The number of piperidine rings is 1. The predicted molar refractivity (Wildman–Crippen MR) is 78.4 cm³/mol. The number of nitrogens with one attached hydrogen (secondary N) is 1. The second-order valence-electron chi connectivity index (χ2n) is 6.08. The fourth-order valence-electron chi connectivity index (χ4n) is 2.40. The second kappa shape index (κ2) is 8.25. The van der Waals surface area contributed by atoms with Crippen molar-refractivity contribution in [2.45, 2.75) is 40.0 Å². The first-order chi connectivity index (χ1) is 9.41. The Morgan fingerprint density at radius 1 is 1.25 bits per heavy atom. The molecule has 1 saturated heterocycles. The van der Waals surface area contributed by atoms with E-state index < -0.39 is 17.8 Å². The molecule has 1 aliphatic rings. The maximum Gasteiger partial charge on any atom is 0.307 e. The summed E-state index contributed by atoms with van der Waals surface area (Å²) < 4.78 is 0. The molecule has 0 aromatic carbocycles. The van der Waals surface area contributed by atoms with Gasteiger partial charge >= 0.3 is 5.97 Å². The van der Waals surface area contributed by atoms with Gasteiger partial charge in [-0.15, -0.1) is 0 Å². The summed E-state index contributed by atoms with van der Waals surface area (Å²) in [6.07, 6.45) is 3.45. The zero-order valence-electron chi connectivity index (χ0n) is 12.9. The van der Waals surface area contributed by atoms with E-state index in [-0.39, 0.29) is 5.91 Å². The van der Waals surface area contributed by atoms with E-state index in [1.807, 2.05) is 0 Å². The summed E-state index contributed by atoms with van der Waals surface area (Å²) in [6, 6.07) is 0. The molecule has 0 radical (unpaired) electrons. The van der Waals surface area contributed by atoms with E-state index in [1.165, 1.54) is 12.8 Å². The summed E-state index contributed by atoms with van der Waals surface area (Å²) in [7, 11) is 0. The van der Waals surface area contributed by atoms with Gasteiger partial charge in [0.25, 0.3) is 0 Å². The van der Waals surface area contributed by atoms with Crippen LogP contribution in [0.1, 0.15) is 40.0 Å². The molecule has 1 rings (SSSR count). The SMILES string of the molecule is CC1CCN(CCCNC(=O)C(C)C(C)C(=O)O)CC1. The Morgan fingerprint density at radius 3 is 2.40 bits per heavy atom. The molecule has 1 aliphatic heterocycles. The molecular formula is C15H28N2O3. The van der Waals surface area contributed by atoms with Crippen molar-refractivity contribution in [1.82, 2.24) is 10.2 Å². The lowest BCUT2D eigenvalue weighted by molar-refractivity contribution is -0.146. The van der Waals surface area contributed by atoms with Gasteiger partial charge in [-0.05, 0) is 44.8 Å². The van der Waals surface area contributed by atoms with Crippen LogP contribution in [0.3, 0.4) is 0 Å². The quantitative estimate of drug-likeness (QED) is 0.696. The van der Waals surface area contributed by atoms with Gasteiger partial charge in [-0.2, -0.15) is 0 Å². The van der Waals surface area contributed by atoms with Gasteiger partial charge in [0, 0.05) is 12.5 Å². The first-order valence-electron chi connectivity index (χ1n) is 7.64. The first kappa shape index (κ1) is 17.0. The highest BCUT2D eigenvalue weighted by atomic mass is 16.4. The van der Waals surface area contributed by atoms with Crippen LogP contribution in [0, 0.1) is 17.8 Å². The minimum atomic E-state index is -0.921. The standard InChI is InChI=1S/C15H28N2O3/c1-11-5-9-17(10-6-11)8-4-7-16-14(18)12(2)13(3)15(19)20/h11-13H,4-10H2,1-3H3,(H,16,18)(H,19,20). The third-order valence-corrected chi connectivity index (χ3v) is 4.38. The van der Waals surface area contributed by atoms with Gasteiger partial charge in [-0.1, -0.05) is 20.8 Å². The van der Waals surface area contributed by atoms with E-state index in [2.05, 4.69) is 17.1 Å². The number of hydrogen-bond acceptors (Lipinski definition) is 3. The fraction of sp³-hybridized carbons (Fsp3) is 0.867. The molecule has 116 valence electrons. The molecule has 0 aliphatic carbocycles. The van der Waals surface area contributed by atoms with Gasteiger partial charge in [0.05, 0.1) is 5.92 Å². The third-order valence-electron chi connectivity index (χ3n) is 4.38. The Hall–Kier alpha value is -1.10. The van der Waals surface area contributed by atoms with E-state index in [0.717, 1.165) is 32.0 Å². The van der Waals surface area contributed by atoms with Crippen LogP contribution < -0.4 is 5.32 Å². The number of nitrogens with zero attached hydrogens (tertiary/aromatic N) is 1. The van der Waals surface area contributed by atoms with E-state index in [9.17, 15) is 9.59 Å². The normalized spacial score (nSPS) is 20.4. The second-order valence-corrected chi connectivity index (χ2v) is 6.08. The topological polar surface area (TPSA) is 69.6 Å². The number of hydrogen-bond donors (Lipinski definition) is 2. The molecule has 5 heteroatoms. The Bertz CT molecular complexity index is 325. The van der Waals surface area contributed by atoms with Gasteiger partial charge in [0.1, 0.15) is 0 Å². The van der Waals surface area contributed by atoms with Gasteiger partial charge in [-0.3, -0.25) is 9.59 Å². The molecule has 1 fully saturated rings. The monoisotopic (exact) mass is 284 g/mol. The van der Waals surface area contributed by atoms with Crippen LogP contribution in [-0.4, -0.2) is 48.1 Å². The molecule has 5 nitrogen and oxygen atoms in total. The summed E-state index contributed by atoms with van der Waals surface area (Å²) in [5.74, 6) is -1.37. The minimum absolute atomic E-state index is 0.160. The summed E-state index contributed by atoms with van der Waals surface area (Å²) in [5, 5.41) is 11.7. The van der Waals surface area contributed by atoms with E-state index in [0.29, 0.717) is 6.54 Å². The smallest absolute Gasteiger partial charge is 0.307 e. The van der Waals surface area contributed by atoms with Crippen molar-refractivity contribution in [3.05, 3.63) is 0 Å².